The van der Waals surface area contributed by atoms with E-state index in [1.54, 1.807) is 43.6 Å². The first-order valence-corrected chi connectivity index (χ1v) is 9.81. The predicted molar refractivity (Wildman–Crippen MR) is 116 cm³/mol. The monoisotopic (exact) mass is 523 g/mol. The molecule has 3 N–H and O–H groups in total. The number of nitrogens with one attached hydrogen (secondary N) is 2. The van der Waals surface area contributed by atoms with E-state index in [1.807, 2.05) is 6.07 Å². The highest BCUT2D eigenvalue weighted by molar-refractivity contribution is 14.1. The van der Waals surface area contributed by atoms with Crippen molar-refractivity contribution in [3.05, 3.63) is 86.3 Å². The molecule has 154 valence electrons. The third-order valence-electron chi connectivity index (χ3n) is 4.31. The van der Waals surface area contributed by atoms with Crippen LogP contribution >= 0.6 is 22.6 Å². The molecule has 0 saturated heterocycles. The lowest BCUT2D eigenvalue weighted by Gasteiger charge is -2.16. The van der Waals surface area contributed by atoms with Crippen molar-refractivity contribution in [3.8, 4) is 0 Å². The normalized spacial score (nSPS) is 10.5. The number of rotatable bonds is 6. The summed E-state index contributed by atoms with van der Waals surface area (Å²) in [6.07, 6.45) is 3.12. The number of nitrogens with zero attached hydrogens (tertiary/aromatic N) is 1. The largest absolute Gasteiger partial charge is 0.478 e. The fourth-order valence-electron chi connectivity index (χ4n) is 2.77. The molecule has 9 heteroatoms. The average Bonchev–Trinajstić information content (AvgIpc) is 2.72. The Morgan fingerprint density at radius 2 is 1.90 bits per heavy atom. The van der Waals surface area contributed by atoms with Crippen LogP contribution in [0.15, 0.2) is 48.8 Å². The number of aromatic nitrogens is 1. The molecule has 0 saturated carbocycles. The summed E-state index contributed by atoms with van der Waals surface area (Å²) in [5.74, 6) is -5.42. The van der Waals surface area contributed by atoms with Crippen molar-refractivity contribution in [3.63, 3.8) is 0 Å². The first-order chi connectivity index (χ1) is 14.3. The molecular weight excluding hydrogens is 507 g/mol. The third kappa shape index (κ3) is 4.73. The van der Waals surface area contributed by atoms with Gasteiger partial charge in [-0.3, -0.25) is 9.78 Å². The summed E-state index contributed by atoms with van der Waals surface area (Å²) in [5.41, 5.74) is 0.196. The van der Waals surface area contributed by atoms with Gasteiger partial charge in [0.2, 0.25) is 0 Å². The lowest BCUT2D eigenvalue weighted by Crippen LogP contribution is -2.25. The van der Waals surface area contributed by atoms with Crippen molar-refractivity contribution in [2.45, 2.75) is 13.5 Å². The Hall–Kier alpha value is -3.08. The third-order valence-corrected chi connectivity index (χ3v) is 4.98. The summed E-state index contributed by atoms with van der Waals surface area (Å²) in [6.45, 7) is 1.85. The van der Waals surface area contributed by atoms with Crippen molar-refractivity contribution in [1.29, 1.82) is 0 Å². The van der Waals surface area contributed by atoms with Gasteiger partial charge in [-0.05, 0) is 71.0 Å². The van der Waals surface area contributed by atoms with Crippen LogP contribution in [-0.4, -0.2) is 22.0 Å². The van der Waals surface area contributed by atoms with Gasteiger partial charge in [-0.2, -0.15) is 0 Å². The van der Waals surface area contributed by atoms with E-state index in [2.05, 4.69) is 38.2 Å². The lowest BCUT2D eigenvalue weighted by atomic mass is 10.0. The lowest BCUT2D eigenvalue weighted by molar-refractivity contribution is 0.0690. The van der Waals surface area contributed by atoms with Gasteiger partial charge < -0.3 is 15.7 Å². The molecule has 0 aliphatic carbocycles. The van der Waals surface area contributed by atoms with E-state index in [9.17, 15) is 23.5 Å². The predicted octanol–water partition coefficient (Wildman–Crippen LogP) is 4.64. The fraction of sp³-hybridized carbons (Fsp3) is 0.0952. The first-order valence-electron chi connectivity index (χ1n) is 8.73. The van der Waals surface area contributed by atoms with E-state index >= 15 is 0 Å². The summed E-state index contributed by atoms with van der Waals surface area (Å²) in [4.78, 5) is 28.0. The molecule has 1 amide bonds. The summed E-state index contributed by atoms with van der Waals surface area (Å²) in [7, 11) is 0. The van der Waals surface area contributed by atoms with Crippen molar-refractivity contribution < 1.29 is 23.5 Å². The number of benzene rings is 2. The van der Waals surface area contributed by atoms with Crippen LogP contribution in [0.5, 0.6) is 0 Å². The molecule has 0 atom stereocenters. The number of carboxylic acid groups (broad SMARTS) is 1. The first kappa shape index (κ1) is 21.6. The summed E-state index contributed by atoms with van der Waals surface area (Å²) in [6, 6.07) is 9.49. The van der Waals surface area contributed by atoms with Crippen LogP contribution < -0.4 is 10.6 Å². The standard InChI is InChI=1S/C21H16F2IN3O3/c1-11-7-13(24)4-5-16(11)27-19-15(8-14(21(29)30)17(22)18(19)23)20(28)26-10-12-3-2-6-25-9-12/h2-9,27H,10H2,1H3,(H,26,28)(H,29,30). The van der Waals surface area contributed by atoms with E-state index < -0.39 is 34.8 Å². The Labute approximate surface area is 184 Å². The zero-order valence-electron chi connectivity index (χ0n) is 15.7. The second-order valence-corrected chi connectivity index (χ2v) is 7.65. The number of carbonyl (C=O) groups is 2. The van der Waals surface area contributed by atoms with Crippen LogP contribution in [0.4, 0.5) is 20.2 Å². The van der Waals surface area contributed by atoms with Crippen LogP contribution in [-0.2, 0) is 6.54 Å². The Bertz CT molecular complexity index is 1120. The minimum absolute atomic E-state index is 0.0794. The molecule has 6 nitrogen and oxygen atoms in total. The smallest absolute Gasteiger partial charge is 0.338 e. The van der Waals surface area contributed by atoms with Gasteiger partial charge in [0.1, 0.15) is 0 Å². The van der Waals surface area contributed by atoms with Gasteiger partial charge in [-0.15, -0.1) is 0 Å². The maximum absolute atomic E-state index is 14.8. The molecule has 0 fully saturated rings. The van der Waals surface area contributed by atoms with Crippen molar-refractivity contribution in [2.24, 2.45) is 0 Å². The second-order valence-electron chi connectivity index (χ2n) is 6.41. The topological polar surface area (TPSA) is 91.3 Å². The summed E-state index contributed by atoms with van der Waals surface area (Å²) in [5, 5.41) is 14.5. The molecule has 0 spiro atoms. The van der Waals surface area contributed by atoms with Crippen LogP contribution in [0, 0.1) is 22.1 Å². The SMILES string of the molecule is Cc1cc(I)ccc1Nc1c(C(=O)NCc2cccnc2)cc(C(=O)O)c(F)c1F. The Morgan fingerprint density at radius 1 is 1.13 bits per heavy atom. The molecule has 30 heavy (non-hydrogen) atoms. The number of pyridine rings is 1. The number of aromatic carboxylic acids is 1. The molecular formula is C21H16F2IN3O3. The van der Waals surface area contributed by atoms with Crippen LogP contribution in [0.3, 0.4) is 0 Å². The molecule has 0 aliphatic rings. The quantitative estimate of drug-likeness (QED) is 0.410. The van der Waals surface area contributed by atoms with Gasteiger partial charge >= 0.3 is 5.97 Å². The number of amides is 1. The Morgan fingerprint density at radius 3 is 2.53 bits per heavy atom. The summed E-state index contributed by atoms with van der Waals surface area (Å²) >= 11 is 2.11. The molecule has 2 aromatic carbocycles. The number of aryl methyl sites for hydroxylation is 1. The molecule has 0 aliphatic heterocycles. The minimum Gasteiger partial charge on any atom is -0.478 e. The Kier molecular flexibility index (Phi) is 6.60. The Balaban J connectivity index is 2.02. The van der Waals surface area contributed by atoms with E-state index in [-0.39, 0.29) is 12.1 Å². The highest BCUT2D eigenvalue weighted by Gasteiger charge is 2.26. The van der Waals surface area contributed by atoms with Crippen molar-refractivity contribution >= 4 is 45.8 Å². The van der Waals surface area contributed by atoms with E-state index in [0.717, 1.165) is 15.2 Å². The van der Waals surface area contributed by atoms with Gasteiger partial charge in [-0.1, -0.05) is 6.07 Å². The van der Waals surface area contributed by atoms with Crippen molar-refractivity contribution in [1.82, 2.24) is 10.3 Å². The van der Waals surface area contributed by atoms with E-state index in [0.29, 0.717) is 11.3 Å². The highest BCUT2D eigenvalue weighted by Crippen LogP contribution is 2.31. The van der Waals surface area contributed by atoms with Gasteiger partial charge in [0.05, 0.1) is 16.8 Å². The molecule has 1 heterocycles. The van der Waals surface area contributed by atoms with Crippen LogP contribution in [0.25, 0.3) is 0 Å². The van der Waals surface area contributed by atoms with Crippen molar-refractivity contribution in [2.75, 3.05) is 5.32 Å². The number of halogens is 3. The zero-order chi connectivity index (χ0) is 21.8. The van der Waals surface area contributed by atoms with Crippen LogP contribution in [0.2, 0.25) is 0 Å². The fourth-order valence-corrected chi connectivity index (χ4v) is 3.41. The summed E-state index contributed by atoms with van der Waals surface area (Å²) < 4.78 is 30.1. The number of carbonyl (C=O) groups excluding carboxylic acids is 1. The molecule has 0 unspecified atom stereocenters. The molecule has 3 rings (SSSR count). The maximum Gasteiger partial charge on any atom is 0.338 e. The van der Waals surface area contributed by atoms with E-state index in [1.165, 1.54) is 0 Å². The van der Waals surface area contributed by atoms with E-state index in [4.69, 9.17) is 0 Å². The molecule has 3 aromatic rings. The van der Waals surface area contributed by atoms with Crippen LogP contribution in [0.1, 0.15) is 31.8 Å². The van der Waals surface area contributed by atoms with Gasteiger partial charge in [0.25, 0.3) is 5.91 Å². The molecule has 1 aromatic heterocycles. The number of hydrogen-bond acceptors (Lipinski definition) is 4. The number of anilines is 2. The second kappa shape index (κ2) is 9.16. The van der Waals surface area contributed by atoms with Gasteiger partial charge in [0.15, 0.2) is 11.6 Å². The molecule has 0 bridgehead atoms. The minimum atomic E-state index is -1.68. The number of hydrogen-bond donors (Lipinski definition) is 3. The van der Waals surface area contributed by atoms with Gasteiger partial charge in [0, 0.05) is 28.2 Å². The highest BCUT2D eigenvalue weighted by atomic mass is 127. The average molecular weight is 523 g/mol. The van der Waals surface area contributed by atoms with Gasteiger partial charge in [-0.25, -0.2) is 13.6 Å². The molecule has 0 radical (unpaired) electrons. The maximum atomic E-state index is 14.8. The zero-order valence-corrected chi connectivity index (χ0v) is 17.8. The number of carboxylic acids is 1.